The molecule has 5 nitrogen and oxygen atoms in total. The van der Waals surface area contributed by atoms with Crippen LogP contribution in [-0.2, 0) is 26.7 Å². The van der Waals surface area contributed by atoms with E-state index in [2.05, 4.69) is 21.2 Å². The lowest BCUT2D eigenvalue weighted by molar-refractivity contribution is 0.128. The quantitative estimate of drug-likeness (QED) is 0.841. The van der Waals surface area contributed by atoms with Gasteiger partial charge in [-0.1, -0.05) is 58.4 Å². The first-order chi connectivity index (χ1) is 11.4. The van der Waals surface area contributed by atoms with Crippen LogP contribution in [0.3, 0.4) is 0 Å². The molecule has 2 aromatic carbocycles. The van der Waals surface area contributed by atoms with Gasteiger partial charge >= 0.3 is 6.09 Å². The molecule has 1 amide bonds. The highest BCUT2D eigenvalue weighted by molar-refractivity contribution is 9.10. The minimum atomic E-state index is -3.14. The number of rotatable bonds is 4. The number of carbonyl (C=O) groups excluding carboxylic acids is 1. The van der Waals surface area contributed by atoms with Gasteiger partial charge in [0.1, 0.15) is 6.61 Å². The van der Waals surface area contributed by atoms with Crippen molar-refractivity contribution in [1.29, 1.82) is 0 Å². The fourth-order valence-electron chi connectivity index (χ4n) is 2.74. The molecule has 126 valence electrons. The lowest BCUT2D eigenvalue weighted by Crippen LogP contribution is -2.62. The van der Waals surface area contributed by atoms with Gasteiger partial charge in [-0.15, -0.1) is 0 Å². The third-order valence-corrected chi connectivity index (χ3v) is 6.28. The van der Waals surface area contributed by atoms with Crippen molar-refractivity contribution in [2.45, 2.75) is 12.1 Å². The van der Waals surface area contributed by atoms with Crippen LogP contribution in [0.5, 0.6) is 0 Å². The van der Waals surface area contributed by atoms with Crippen molar-refractivity contribution < 1.29 is 17.9 Å². The summed E-state index contributed by atoms with van der Waals surface area (Å²) in [5.41, 5.74) is 0.691. The highest BCUT2D eigenvalue weighted by atomic mass is 79.9. The molecule has 1 N–H and O–H groups in total. The Morgan fingerprint density at radius 3 is 2.29 bits per heavy atom. The van der Waals surface area contributed by atoms with E-state index in [1.165, 1.54) is 0 Å². The van der Waals surface area contributed by atoms with E-state index in [1.54, 1.807) is 12.1 Å². The summed E-state index contributed by atoms with van der Waals surface area (Å²) >= 11 is 3.35. The van der Waals surface area contributed by atoms with E-state index < -0.39 is 21.5 Å². The van der Waals surface area contributed by atoms with Gasteiger partial charge < -0.3 is 10.1 Å². The Bertz CT molecular complexity index is 823. The second-order valence-corrected chi connectivity index (χ2v) is 8.79. The van der Waals surface area contributed by atoms with E-state index in [4.69, 9.17) is 4.74 Å². The molecule has 1 saturated heterocycles. The maximum Gasteiger partial charge on any atom is 0.408 e. The summed E-state index contributed by atoms with van der Waals surface area (Å²) in [6.45, 7) is 0.135. The first kappa shape index (κ1) is 17.0. The van der Waals surface area contributed by atoms with Crippen LogP contribution in [0.15, 0.2) is 59.1 Å². The topological polar surface area (TPSA) is 72.5 Å². The van der Waals surface area contributed by atoms with Crippen LogP contribution in [0, 0.1) is 0 Å². The van der Waals surface area contributed by atoms with Crippen molar-refractivity contribution in [2.24, 2.45) is 0 Å². The van der Waals surface area contributed by atoms with Crippen LogP contribution in [0.4, 0.5) is 4.79 Å². The van der Waals surface area contributed by atoms with Gasteiger partial charge in [0.15, 0.2) is 9.84 Å². The number of nitrogens with one attached hydrogen (secondary N) is 1. The van der Waals surface area contributed by atoms with E-state index in [-0.39, 0.29) is 18.1 Å². The van der Waals surface area contributed by atoms with Crippen LogP contribution < -0.4 is 5.32 Å². The number of ether oxygens (including phenoxy) is 1. The van der Waals surface area contributed by atoms with Crippen LogP contribution in [-0.4, -0.2) is 26.0 Å². The van der Waals surface area contributed by atoms with Gasteiger partial charge in [0.2, 0.25) is 0 Å². The van der Waals surface area contributed by atoms with Gasteiger partial charge in [0.05, 0.1) is 17.0 Å². The number of sulfone groups is 1. The largest absolute Gasteiger partial charge is 0.445 e. The van der Waals surface area contributed by atoms with Gasteiger partial charge in [-0.05, 0) is 23.3 Å². The number of benzene rings is 2. The van der Waals surface area contributed by atoms with Crippen molar-refractivity contribution in [3.8, 4) is 0 Å². The highest BCUT2D eigenvalue weighted by Crippen LogP contribution is 2.35. The Morgan fingerprint density at radius 2 is 1.71 bits per heavy atom. The average Bonchev–Trinajstić information content (AvgIpc) is 2.52. The fourth-order valence-corrected chi connectivity index (χ4v) is 4.90. The highest BCUT2D eigenvalue weighted by Gasteiger charge is 2.51. The monoisotopic (exact) mass is 409 g/mol. The Morgan fingerprint density at radius 1 is 1.08 bits per heavy atom. The number of hydrogen-bond acceptors (Lipinski definition) is 4. The molecule has 0 radical (unpaired) electrons. The first-order valence-corrected chi connectivity index (χ1v) is 9.95. The Labute approximate surface area is 149 Å². The van der Waals surface area contributed by atoms with Crippen molar-refractivity contribution >= 4 is 31.9 Å². The van der Waals surface area contributed by atoms with Crippen LogP contribution >= 0.6 is 15.9 Å². The standard InChI is InChI=1S/C17H16BrNO4S/c18-15-8-6-14(7-9-15)17(11-24(21,22)12-17)19-16(20)23-10-13-4-2-1-3-5-13/h1-9H,10-12H2,(H,19,20). The van der Waals surface area contributed by atoms with Crippen LogP contribution in [0.1, 0.15) is 11.1 Å². The molecule has 7 heteroatoms. The molecular weight excluding hydrogens is 394 g/mol. The predicted molar refractivity (Wildman–Crippen MR) is 94.2 cm³/mol. The molecule has 3 rings (SSSR count). The summed E-state index contributed by atoms with van der Waals surface area (Å²) in [6.07, 6.45) is -0.628. The Kier molecular flexibility index (Phi) is 4.64. The fraction of sp³-hybridized carbons (Fsp3) is 0.235. The van der Waals surface area contributed by atoms with Crippen molar-refractivity contribution in [3.05, 3.63) is 70.2 Å². The molecule has 1 fully saturated rings. The minimum Gasteiger partial charge on any atom is -0.445 e. The predicted octanol–water partition coefficient (Wildman–Crippen LogP) is 3.00. The third-order valence-electron chi connectivity index (χ3n) is 3.88. The molecule has 24 heavy (non-hydrogen) atoms. The number of amides is 1. The zero-order valence-electron chi connectivity index (χ0n) is 12.7. The summed E-state index contributed by atoms with van der Waals surface area (Å²) in [7, 11) is -3.14. The summed E-state index contributed by atoms with van der Waals surface area (Å²) in [6, 6.07) is 16.5. The van der Waals surface area contributed by atoms with E-state index in [0.717, 1.165) is 15.6 Å². The molecule has 0 aromatic heterocycles. The molecule has 0 spiro atoms. The molecule has 0 bridgehead atoms. The second kappa shape index (κ2) is 6.57. The van der Waals surface area contributed by atoms with E-state index >= 15 is 0 Å². The molecule has 0 aliphatic carbocycles. The molecule has 1 aliphatic heterocycles. The maximum atomic E-state index is 12.1. The number of carbonyl (C=O) groups is 1. The second-order valence-electron chi connectivity index (χ2n) is 5.81. The van der Waals surface area contributed by atoms with Gasteiger partial charge in [0, 0.05) is 4.47 Å². The van der Waals surface area contributed by atoms with Crippen molar-refractivity contribution in [2.75, 3.05) is 11.5 Å². The van der Waals surface area contributed by atoms with Gasteiger partial charge in [-0.25, -0.2) is 13.2 Å². The van der Waals surface area contributed by atoms with Crippen LogP contribution in [0.2, 0.25) is 0 Å². The number of halogens is 1. The molecule has 1 aliphatic rings. The normalized spacial score (nSPS) is 17.5. The molecular formula is C17H16BrNO4S. The molecule has 1 heterocycles. The average molecular weight is 410 g/mol. The smallest absolute Gasteiger partial charge is 0.408 e. The van der Waals surface area contributed by atoms with Gasteiger partial charge in [0.25, 0.3) is 0 Å². The first-order valence-electron chi connectivity index (χ1n) is 7.34. The number of alkyl carbamates (subject to hydrolysis) is 1. The Balaban J connectivity index is 1.71. The molecule has 2 aromatic rings. The lowest BCUT2D eigenvalue weighted by Gasteiger charge is -2.41. The van der Waals surface area contributed by atoms with Crippen molar-refractivity contribution in [3.63, 3.8) is 0 Å². The van der Waals surface area contributed by atoms with E-state index in [1.807, 2.05) is 42.5 Å². The summed E-state index contributed by atoms with van der Waals surface area (Å²) < 4.78 is 29.5. The van der Waals surface area contributed by atoms with Crippen molar-refractivity contribution in [1.82, 2.24) is 5.32 Å². The summed E-state index contributed by atoms with van der Waals surface area (Å²) in [5.74, 6) is -0.246. The number of hydrogen-bond donors (Lipinski definition) is 1. The molecule has 0 unspecified atom stereocenters. The Hall–Kier alpha value is -1.86. The van der Waals surface area contributed by atoms with Crippen LogP contribution in [0.25, 0.3) is 0 Å². The SMILES string of the molecule is O=C(NC1(c2ccc(Br)cc2)CS(=O)(=O)C1)OCc1ccccc1. The zero-order chi connectivity index (χ0) is 17.2. The minimum absolute atomic E-state index is 0.123. The maximum absolute atomic E-state index is 12.1. The van der Waals surface area contributed by atoms with E-state index in [0.29, 0.717) is 0 Å². The van der Waals surface area contributed by atoms with E-state index in [9.17, 15) is 13.2 Å². The molecule has 0 atom stereocenters. The summed E-state index contributed by atoms with van der Waals surface area (Å²) in [4.78, 5) is 12.1. The summed E-state index contributed by atoms with van der Waals surface area (Å²) in [5, 5.41) is 2.74. The lowest BCUT2D eigenvalue weighted by atomic mass is 9.93. The zero-order valence-corrected chi connectivity index (χ0v) is 15.1. The molecule has 0 saturated carbocycles. The third kappa shape index (κ3) is 3.79. The van der Waals surface area contributed by atoms with Gasteiger partial charge in [-0.2, -0.15) is 0 Å². The van der Waals surface area contributed by atoms with Gasteiger partial charge in [-0.3, -0.25) is 0 Å².